The summed E-state index contributed by atoms with van der Waals surface area (Å²) in [5.41, 5.74) is 5.92. The zero-order valence-corrected chi connectivity index (χ0v) is 8.28. The molecule has 1 saturated carbocycles. The lowest BCUT2D eigenvalue weighted by Gasteiger charge is -2.23. The monoisotopic (exact) mass is 192 g/mol. The topological polar surface area (TPSA) is 48.0 Å². The van der Waals surface area contributed by atoms with Crippen LogP contribution in [-0.2, 0) is 0 Å². The van der Waals surface area contributed by atoms with Gasteiger partial charge >= 0.3 is 0 Å². The van der Waals surface area contributed by atoms with E-state index in [1.807, 2.05) is 12.3 Å². The van der Waals surface area contributed by atoms with Crippen LogP contribution in [0.4, 0.5) is 5.69 Å². The zero-order chi connectivity index (χ0) is 9.97. The van der Waals surface area contributed by atoms with Crippen molar-refractivity contribution in [3.8, 4) is 0 Å². The summed E-state index contributed by atoms with van der Waals surface area (Å²) in [6.45, 7) is 0. The Balaban J connectivity index is 2.31. The van der Waals surface area contributed by atoms with Crippen molar-refractivity contribution in [3.05, 3.63) is 28.7 Å². The van der Waals surface area contributed by atoms with Gasteiger partial charge < -0.3 is 10.3 Å². The van der Waals surface area contributed by atoms with Crippen molar-refractivity contribution in [2.75, 3.05) is 5.73 Å². The van der Waals surface area contributed by atoms with Crippen LogP contribution in [0.1, 0.15) is 38.1 Å². The quantitative estimate of drug-likeness (QED) is 0.739. The number of pyridine rings is 1. The van der Waals surface area contributed by atoms with Crippen LogP contribution in [0.25, 0.3) is 0 Å². The van der Waals surface area contributed by atoms with Crippen LogP contribution >= 0.6 is 0 Å². The highest BCUT2D eigenvalue weighted by molar-refractivity contribution is 5.33. The van der Waals surface area contributed by atoms with Gasteiger partial charge in [0.1, 0.15) is 0 Å². The molecule has 14 heavy (non-hydrogen) atoms. The number of hydrogen-bond donors (Lipinski definition) is 1. The molecular formula is C11H16N2O. The Kier molecular flexibility index (Phi) is 2.57. The average molecular weight is 192 g/mol. The Labute approximate surface area is 83.5 Å². The number of hydrogen-bond acceptors (Lipinski definition) is 2. The minimum atomic E-state index is -0.0283. The summed E-state index contributed by atoms with van der Waals surface area (Å²) in [4.78, 5) is 11.7. The van der Waals surface area contributed by atoms with Crippen molar-refractivity contribution in [1.82, 2.24) is 4.57 Å². The second-order valence-corrected chi connectivity index (χ2v) is 3.97. The van der Waals surface area contributed by atoms with E-state index in [0.29, 0.717) is 11.7 Å². The molecular weight excluding hydrogens is 176 g/mol. The van der Waals surface area contributed by atoms with Gasteiger partial charge in [0.15, 0.2) is 0 Å². The summed E-state index contributed by atoms with van der Waals surface area (Å²) in [6.07, 6.45) is 7.84. The van der Waals surface area contributed by atoms with Gasteiger partial charge in [-0.3, -0.25) is 4.79 Å². The van der Waals surface area contributed by atoms with E-state index in [1.54, 1.807) is 10.6 Å². The van der Waals surface area contributed by atoms with Crippen LogP contribution in [-0.4, -0.2) is 4.57 Å². The molecule has 2 rings (SSSR count). The summed E-state index contributed by atoms with van der Waals surface area (Å²) < 4.78 is 1.80. The van der Waals surface area contributed by atoms with Gasteiger partial charge in [-0.15, -0.1) is 0 Å². The Bertz CT molecular complexity index is 364. The zero-order valence-electron chi connectivity index (χ0n) is 8.28. The largest absolute Gasteiger partial charge is 0.394 e. The second kappa shape index (κ2) is 3.86. The van der Waals surface area contributed by atoms with Gasteiger partial charge in [0, 0.05) is 12.2 Å². The minimum absolute atomic E-state index is 0.0283. The molecule has 0 amide bonds. The molecule has 1 aromatic heterocycles. The lowest BCUT2D eigenvalue weighted by molar-refractivity contribution is 0.347. The number of anilines is 1. The standard InChI is InChI=1S/C11H16N2O/c12-10-7-4-8-13(11(10)14)9-5-2-1-3-6-9/h4,7-9H,1-3,5-6,12H2. The maximum absolute atomic E-state index is 11.7. The van der Waals surface area contributed by atoms with Crippen LogP contribution < -0.4 is 11.3 Å². The fraction of sp³-hybridized carbons (Fsp3) is 0.545. The van der Waals surface area contributed by atoms with Crippen molar-refractivity contribution < 1.29 is 0 Å². The Morgan fingerprint density at radius 2 is 2.00 bits per heavy atom. The molecule has 0 spiro atoms. The molecule has 0 aromatic carbocycles. The van der Waals surface area contributed by atoms with Gasteiger partial charge in [-0.2, -0.15) is 0 Å². The van der Waals surface area contributed by atoms with Gasteiger partial charge in [-0.25, -0.2) is 0 Å². The molecule has 1 aliphatic carbocycles. The number of nitrogens with zero attached hydrogens (tertiary/aromatic N) is 1. The predicted molar refractivity (Wildman–Crippen MR) is 57.2 cm³/mol. The van der Waals surface area contributed by atoms with Gasteiger partial charge in [-0.05, 0) is 25.0 Å². The van der Waals surface area contributed by atoms with Crippen molar-refractivity contribution in [2.24, 2.45) is 0 Å². The van der Waals surface area contributed by atoms with Crippen LogP contribution in [0.15, 0.2) is 23.1 Å². The van der Waals surface area contributed by atoms with Crippen LogP contribution in [0.2, 0.25) is 0 Å². The summed E-state index contributed by atoms with van der Waals surface area (Å²) in [7, 11) is 0. The molecule has 0 aliphatic heterocycles. The first kappa shape index (κ1) is 9.31. The normalized spacial score (nSPS) is 18.3. The number of nitrogen functional groups attached to an aromatic ring is 1. The summed E-state index contributed by atoms with van der Waals surface area (Å²) in [5.74, 6) is 0. The third-order valence-electron chi connectivity index (χ3n) is 2.97. The molecule has 1 fully saturated rings. The van der Waals surface area contributed by atoms with Crippen molar-refractivity contribution in [1.29, 1.82) is 0 Å². The predicted octanol–water partition coefficient (Wildman–Crippen LogP) is 1.94. The number of rotatable bonds is 1. The number of aromatic nitrogens is 1. The van der Waals surface area contributed by atoms with Crippen molar-refractivity contribution in [3.63, 3.8) is 0 Å². The molecule has 3 nitrogen and oxygen atoms in total. The van der Waals surface area contributed by atoms with E-state index in [0.717, 1.165) is 12.8 Å². The van der Waals surface area contributed by atoms with Gasteiger partial charge in [0.25, 0.3) is 5.56 Å². The summed E-state index contributed by atoms with van der Waals surface area (Å²) in [6, 6.07) is 3.90. The van der Waals surface area contributed by atoms with Crippen molar-refractivity contribution in [2.45, 2.75) is 38.1 Å². The third kappa shape index (κ3) is 1.67. The van der Waals surface area contributed by atoms with E-state index in [-0.39, 0.29) is 5.56 Å². The first-order valence-electron chi connectivity index (χ1n) is 5.25. The molecule has 0 radical (unpaired) electrons. The Morgan fingerprint density at radius 1 is 1.29 bits per heavy atom. The first-order valence-corrected chi connectivity index (χ1v) is 5.25. The lowest BCUT2D eigenvalue weighted by atomic mass is 9.95. The fourth-order valence-electron chi connectivity index (χ4n) is 2.17. The first-order chi connectivity index (χ1) is 6.79. The fourth-order valence-corrected chi connectivity index (χ4v) is 2.17. The molecule has 0 saturated heterocycles. The van der Waals surface area contributed by atoms with Gasteiger partial charge in [-0.1, -0.05) is 19.3 Å². The van der Waals surface area contributed by atoms with Gasteiger partial charge in [0.05, 0.1) is 5.69 Å². The van der Waals surface area contributed by atoms with Crippen LogP contribution in [0, 0.1) is 0 Å². The molecule has 1 aliphatic rings. The van der Waals surface area contributed by atoms with E-state index in [9.17, 15) is 4.79 Å². The summed E-state index contributed by atoms with van der Waals surface area (Å²) in [5, 5.41) is 0. The second-order valence-electron chi connectivity index (χ2n) is 3.97. The van der Waals surface area contributed by atoms with E-state index in [1.165, 1.54) is 19.3 Å². The minimum Gasteiger partial charge on any atom is -0.394 e. The highest BCUT2D eigenvalue weighted by atomic mass is 16.1. The molecule has 2 N–H and O–H groups in total. The van der Waals surface area contributed by atoms with E-state index in [4.69, 9.17) is 5.73 Å². The molecule has 0 unspecified atom stereocenters. The van der Waals surface area contributed by atoms with E-state index in [2.05, 4.69) is 0 Å². The van der Waals surface area contributed by atoms with Crippen LogP contribution in [0.3, 0.4) is 0 Å². The number of nitrogens with two attached hydrogens (primary N) is 1. The molecule has 1 heterocycles. The van der Waals surface area contributed by atoms with Gasteiger partial charge in [0.2, 0.25) is 0 Å². The molecule has 3 heteroatoms. The third-order valence-corrected chi connectivity index (χ3v) is 2.97. The Morgan fingerprint density at radius 3 is 2.71 bits per heavy atom. The van der Waals surface area contributed by atoms with Crippen LogP contribution in [0.5, 0.6) is 0 Å². The maximum Gasteiger partial charge on any atom is 0.273 e. The lowest BCUT2D eigenvalue weighted by Crippen LogP contribution is -2.27. The maximum atomic E-state index is 11.7. The van der Waals surface area contributed by atoms with Crippen molar-refractivity contribution >= 4 is 5.69 Å². The van der Waals surface area contributed by atoms with E-state index < -0.39 is 0 Å². The highest BCUT2D eigenvalue weighted by Gasteiger charge is 2.16. The molecule has 76 valence electrons. The highest BCUT2D eigenvalue weighted by Crippen LogP contribution is 2.26. The average Bonchev–Trinajstić information content (AvgIpc) is 2.23. The Hall–Kier alpha value is -1.25. The van der Waals surface area contributed by atoms with E-state index >= 15 is 0 Å². The molecule has 0 bridgehead atoms. The smallest absolute Gasteiger partial charge is 0.273 e. The SMILES string of the molecule is Nc1cccn(C2CCCCC2)c1=O. The summed E-state index contributed by atoms with van der Waals surface area (Å²) >= 11 is 0. The molecule has 1 aromatic rings. The molecule has 0 atom stereocenters.